The molecule has 0 saturated carbocycles. The maximum absolute atomic E-state index is 6.11. The third kappa shape index (κ3) is 3.01. The van der Waals surface area contributed by atoms with Crippen molar-refractivity contribution in [3.63, 3.8) is 0 Å². The molecule has 17 heavy (non-hydrogen) atoms. The van der Waals surface area contributed by atoms with Gasteiger partial charge in [0.1, 0.15) is 0 Å². The van der Waals surface area contributed by atoms with E-state index in [-0.39, 0.29) is 6.04 Å². The number of benzene rings is 1. The van der Waals surface area contributed by atoms with E-state index < -0.39 is 0 Å². The first kappa shape index (κ1) is 12.9. The fourth-order valence-corrected chi connectivity index (χ4v) is 3.46. The van der Waals surface area contributed by atoms with Gasteiger partial charge in [-0.15, -0.1) is 11.3 Å². The minimum atomic E-state index is 0.0734. The summed E-state index contributed by atoms with van der Waals surface area (Å²) in [6, 6.07) is 9.77. The normalized spacial score (nSPS) is 12.4. The van der Waals surface area contributed by atoms with Crippen LogP contribution in [0.1, 0.15) is 10.9 Å². The van der Waals surface area contributed by atoms with Crippen LogP contribution in [0.2, 0.25) is 5.02 Å². The van der Waals surface area contributed by atoms with E-state index in [4.69, 9.17) is 17.3 Å². The predicted molar refractivity (Wildman–Crippen MR) is 78.9 cm³/mol. The van der Waals surface area contributed by atoms with Crippen LogP contribution in [0, 0.1) is 0 Å². The van der Waals surface area contributed by atoms with Crippen LogP contribution in [-0.2, 0) is 0 Å². The molecule has 0 saturated heterocycles. The van der Waals surface area contributed by atoms with Gasteiger partial charge in [0.05, 0.1) is 16.8 Å². The van der Waals surface area contributed by atoms with Gasteiger partial charge in [0.2, 0.25) is 0 Å². The highest BCUT2D eigenvalue weighted by atomic mass is 79.9. The Bertz CT molecular complexity index is 501. The molecule has 0 aliphatic carbocycles. The molecule has 0 radical (unpaired) electrons. The van der Waals surface area contributed by atoms with E-state index >= 15 is 0 Å². The molecule has 2 rings (SSSR count). The van der Waals surface area contributed by atoms with Crippen molar-refractivity contribution in [2.45, 2.75) is 6.04 Å². The summed E-state index contributed by atoms with van der Waals surface area (Å²) in [5.41, 5.74) is 6.72. The number of para-hydroxylation sites is 1. The monoisotopic (exact) mass is 330 g/mol. The molecule has 0 aliphatic rings. The fraction of sp³-hybridized carbons (Fsp3) is 0.167. The Morgan fingerprint density at radius 3 is 2.71 bits per heavy atom. The minimum Gasteiger partial charge on any atom is -0.375 e. The molecule has 2 aromatic rings. The largest absolute Gasteiger partial charge is 0.375 e. The molecule has 1 unspecified atom stereocenters. The highest BCUT2D eigenvalue weighted by Crippen LogP contribution is 2.32. The van der Waals surface area contributed by atoms with Gasteiger partial charge in [-0.3, -0.25) is 0 Å². The van der Waals surface area contributed by atoms with Crippen LogP contribution in [0.25, 0.3) is 0 Å². The van der Waals surface area contributed by atoms with Crippen LogP contribution in [0.5, 0.6) is 0 Å². The van der Waals surface area contributed by atoms with E-state index in [1.165, 1.54) is 4.88 Å². The summed E-state index contributed by atoms with van der Waals surface area (Å²) in [5.74, 6) is 0. The molecule has 0 amide bonds. The van der Waals surface area contributed by atoms with Crippen molar-refractivity contribution >= 4 is 44.6 Å². The first-order chi connectivity index (χ1) is 8.22. The van der Waals surface area contributed by atoms with Gasteiger partial charge >= 0.3 is 0 Å². The lowest BCUT2D eigenvalue weighted by Gasteiger charge is -2.18. The van der Waals surface area contributed by atoms with Crippen LogP contribution >= 0.6 is 38.9 Å². The number of hydrogen-bond donors (Lipinski definition) is 2. The van der Waals surface area contributed by atoms with Crippen LogP contribution < -0.4 is 11.1 Å². The maximum Gasteiger partial charge on any atom is 0.0740 e. The number of nitrogens with one attached hydrogen (secondary N) is 1. The number of rotatable bonds is 4. The van der Waals surface area contributed by atoms with Crippen LogP contribution in [0.15, 0.2) is 40.2 Å². The second kappa shape index (κ2) is 5.87. The van der Waals surface area contributed by atoms with Crippen molar-refractivity contribution in [2.24, 2.45) is 5.73 Å². The number of anilines is 1. The molecule has 1 aromatic carbocycles. The van der Waals surface area contributed by atoms with Gasteiger partial charge in [0.25, 0.3) is 0 Å². The molecule has 0 fully saturated rings. The molecule has 1 heterocycles. The molecule has 5 heteroatoms. The van der Waals surface area contributed by atoms with Gasteiger partial charge in [0, 0.05) is 15.9 Å². The van der Waals surface area contributed by atoms with Crippen molar-refractivity contribution in [3.8, 4) is 0 Å². The minimum absolute atomic E-state index is 0.0734. The van der Waals surface area contributed by atoms with Gasteiger partial charge in [-0.05, 0) is 39.5 Å². The quantitative estimate of drug-likeness (QED) is 0.877. The summed E-state index contributed by atoms with van der Waals surface area (Å²) in [6.07, 6.45) is 0. The second-order valence-corrected chi connectivity index (χ2v) is 5.75. The van der Waals surface area contributed by atoms with Gasteiger partial charge in [-0.1, -0.05) is 23.7 Å². The zero-order chi connectivity index (χ0) is 12.3. The summed E-state index contributed by atoms with van der Waals surface area (Å²) in [5, 5.41) is 6.11. The van der Waals surface area contributed by atoms with E-state index in [1.54, 1.807) is 11.3 Å². The Balaban J connectivity index is 2.22. The summed E-state index contributed by atoms with van der Waals surface area (Å²) in [6.45, 7) is 0.518. The highest BCUT2D eigenvalue weighted by Gasteiger charge is 2.15. The van der Waals surface area contributed by atoms with Gasteiger partial charge in [-0.2, -0.15) is 0 Å². The summed E-state index contributed by atoms with van der Waals surface area (Å²) in [7, 11) is 0. The van der Waals surface area contributed by atoms with Gasteiger partial charge < -0.3 is 11.1 Å². The Labute approximate surface area is 118 Å². The van der Waals surface area contributed by atoms with Crippen molar-refractivity contribution in [1.82, 2.24) is 0 Å². The number of halogens is 2. The van der Waals surface area contributed by atoms with E-state index in [0.29, 0.717) is 11.6 Å². The third-order valence-corrected chi connectivity index (χ3v) is 4.71. The Morgan fingerprint density at radius 2 is 2.12 bits per heavy atom. The van der Waals surface area contributed by atoms with Crippen LogP contribution in [0.4, 0.5) is 5.69 Å². The summed E-state index contributed by atoms with van der Waals surface area (Å²) >= 11 is 11.3. The van der Waals surface area contributed by atoms with Crippen LogP contribution in [0.3, 0.4) is 0 Å². The smallest absolute Gasteiger partial charge is 0.0740 e. The summed E-state index contributed by atoms with van der Waals surface area (Å²) < 4.78 is 1.08. The first-order valence-corrected chi connectivity index (χ1v) is 7.21. The lowest BCUT2D eigenvalue weighted by molar-refractivity contribution is 0.803. The molecule has 1 aromatic heterocycles. The molecule has 1 atom stereocenters. The average molecular weight is 332 g/mol. The standard InChI is InChI=1S/C12H12BrClN2S/c13-8-5-6-17-12(8)11(7-15)16-10-4-2-1-3-9(10)14/h1-6,11,16H,7,15H2. The van der Waals surface area contributed by atoms with Crippen molar-refractivity contribution in [2.75, 3.05) is 11.9 Å². The molecule has 0 spiro atoms. The van der Waals surface area contributed by atoms with Crippen molar-refractivity contribution in [3.05, 3.63) is 50.1 Å². The zero-order valence-corrected chi connectivity index (χ0v) is 12.1. The number of nitrogens with two attached hydrogens (primary N) is 1. The lowest BCUT2D eigenvalue weighted by atomic mass is 10.2. The molecule has 2 nitrogen and oxygen atoms in total. The number of hydrogen-bond acceptors (Lipinski definition) is 3. The molecule has 90 valence electrons. The SMILES string of the molecule is NCC(Nc1ccccc1Cl)c1sccc1Br. The highest BCUT2D eigenvalue weighted by molar-refractivity contribution is 9.10. The zero-order valence-electron chi connectivity index (χ0n) is 8.99. The van der Waals surface area contributed by atoms with Crippen molar-refractivity contribution < 1.29 is 0 Å². The number of thiophene rings is 1. The predicted octanol–water partition coefficient (Wildman–Crippen LogP) is 4.28. The van der Waals surface area contributed by atoms with E-state index in [1.807, 2.05) is 35.7 Å². The van der Waals surface area contributed by atoms with E-state index in [0.717, 1.165) is 10.2 Å². The van der Waals surface area contributed by atoms with Crippen molar-refractivity contribution in [1.29, 1.82) is 0 Å². The van der Waals surface area contributed by atoms with Crippen LogP contribution in [-0.4, -0.2) is 6.54 Å². The molecule has 3 N–H and O–H groups in total. The van der Waals surface area contributed by atoms with E-state index in [2.05, 4.69) is 21.2 Å². The van der Waals surface area contributed by atoms with Gasteiger partial charge in [-0.25, -0.2) is 0 Å². The Hall–Kier alpha value is -0.550. The maximum atomic E-state index is 6.11. The third-order valence-electron chi connectivity index (χ3n) is 2.40. The van der Waals surface area contributed by atoms with Gasteiger partial charge in [0.15, 0.2) is 0 Å². The lowest BCUT2D eigenvalue weighted by Crippen LogP contribution is -2.20. The Kier molecular flexibility index (Phi) is 4.45. The Morgan fingerprint density at radius 1 is 1.35 bits per heavy atom. The average Bonchev–Trinajstić information content (AvgIpc) is 2.75. The molecule has 0 aliphatic heterocycles. The second-order valence-electron chi connectivity index (χ2n) is 3.55. The molecular formula is C12H12BrClN2S. The topological polar surface area (TPSA) is 38.0 Å². The fourth-order valence-electron chi connectivity index (χ4n) is 1.55. The first-order valence-electron chi connectivity index (χ1n) is 5.16. The molecule has 0 bridgehead atoms. The van der Waals surface area contributed by atoms with E-state index in [9.17, 15) is 0 Å². The molecular weight excluding hydrogens is 320 g/mol. The summed E-state index contributed by atoms with van der Waals surface area (Å²) in [4.78, 5) is 1.19.